The molecule has 0 aliphatic carbocycles. The molecule has 3 aromatic heterocycles. The second-order valence-corrected chi connectivity index (χ2v) is 13.0. The van der Waals surface area contributed by atoms with Crippen LogP contribution in [0.3, 0.4) is 0 Å². The summed E-state index contributed by atoms with van der Waals surface area (Å²) in [6, 6.07) is 52.5. The lowest BCUT2D eigenvalue weighted by Crippen LogP contribution is -2.00. The molecule has 224 valence electrons. The third-order valence-electron chi connectivity index (χ3n) is 9.13. The maximum atomic E-state index is 6.59. The first-order valence-electron chi connectivity index (χ1n) is 15.9. The van der Waals surface area contributed by atoms with Gasteiger partial charge in [0.05, 0.1) is 0 Å². The summed E-state index contributed by atoms with van der Waals surface area (Å²) < 4.78 is 8.98. The summed E-state index contributed by atoms with van der Waals surface area (Å²) in [7, 11) is 0. The Morgan fingerprint density at radius 2 is 0.917 bits per heavy atom. The number of hydrogen-bond acceptors (Lipinski definition) is 5. The van der Waals surface area contributed by atoms with E-state index in [1.54, 1.807) is 11.3 Å². The maximum absolute atomic E-state index is 6.59. The first-order valence-corrected chi connectivity index (χ1v) is 16.8. The van der Waals surface area contributed by atoms with Crippen LogP contribution in [0.5, 0.6) is 0 Å². The molecule has 4 nitrogen and oxygen atoms in total. The molecule has 0 unspecified atom stereocenters. The Morgan fingerprint density at radius 3 is 1.65 bits per heavy atom. The van der Waals surface area contributed by atoms with Crippen molar-refractivity contribution in [3.63, 3.8) is 0 Å². The number of thiophene rings is 1. The summed E-state index contributed by atoms with van der Waals surface area (Å²) in [5.41, 5.74) is 7.01. The van der Waals surface area contributed by atoms with Crippen LogP contribution in [0, 0.1) is 0 Å². The van der Waals surface area contributed by atoms with E-state index in [-0.39, 0.29) is 0 Å². The average molecular weight is 632 g/mol. The second kappa shape index (κ2) is 10.7. The number of fused-ring (bicyclic) bond motifs is 10. The van der Waals surface area contributed by atoms with Gasteiger partial charge in [0.1, 0.15) is 11.2 Å². The third kappa shape index (κ3) is 4.25. The molecule has 0 bridgehead atoms. The highest BCUT2D eigenvalue weighted by molar-refractivity contribution is 7.27. The van der Waals surface area contributed by atoms with Gasteiger partial charge < -0.3 is 4.42 Å². The van der Waals surface area contributed by atoms with Crippen LogP contribution in [-0.2, 0) is 0 Å². The lowest BCUT2D eigenvalue weighted by Gasteiger charge is -2.09. The Kier molecular flexibility index (Phi) is 6.01. The van der Waals surface area contributed by atoms with Gasteiger partial charge in [-0.15, -0.1) is 11.3 Å². The van der Waals surface area contributed by atoms with Gasteiger partial charge in [-0.25, -0.2) is 15.0 Å². The van der Waals surface area contributed by atoms with Crippen molar-refractivity contribution in [2.45, 2.75) is 0 Å². The molecule has 0 saturated carbocycles. The van der Waals surface area contributed by atoms with Gasteiger partial charge in [-0.05, 0) is 28.6 Å². The fourth-order valence-electron chi connectivity index (χ4n) is 6.83. The predicted octanol–water partition coefficient (Wildman–Crippen LogP) is 12.0. The summed E-state index contributed by atoms with van der Waals surface area (Å²) in [6.45, 7) is 0. The van der Waals surface area contributed by atoms with Gasteiger partial charge in [-0.2, -0.15) is 0 Å². The smallest absolute Gasteiger partial charge is 0.164 e. The van der Waals surface area contributed by atoms with Crippen LogP contribution in [0.2, 0.25) is 0 Å². The number of para-hydroxylation sites is 1. The van der Waals surface area contributed by atoms with Gasteiger partial charge in [0.2, 0.25) is 0 Å². The zero-order valence-electron chi connectivity index (χ0n) is 25.6. The normalized spacial score (nSPS) is 11.8. The maximum Gasteiger partial charge on any atom is 0.164 e. The van der Waals surface area contributed by atoms with Gasteiger partial charge in [-0.3, -0.25) is 0 Å². The summed E-state index contributed by atoms with van der Waals surface area (Å²) in [5, 5.41) is 7.09. The molecule has 10 aromatic rings. The predicted molar refractivity (Wildman–Crippen MR) is 199 cm³/mol. The number of aromatic nitrogens is 3. The molecule has 0 aliphatic heterocycles. The van der Waals surface area contributed by atoms with Crippen molar-refractivity contribution in [2.75, 3.05) is 0 Å². The number of rotatable bonds is 4. The molecule has 5 heteroatoms. The van der Waals surface area contributed by atoms with Gasteiger partial charge in [0, 0.05) is 53.0 Å². The van der Waals surface area contributed by atoms with Crippen molar-refractivity contribution in [3.05, 3.63) is 152 Å². The summed E-state index contributed by atoms with van der Waals surface area (Å²) in [5.74, 6) is 1.93. The molecule has 3 heterocycles. The van der Waals surface area contributed by atoms with E-state index in [9.17, 15) is 0 Å². The molecule has 0 saturated heterocycles. The molecule has 0 amide bonds. The summed E-state index contributed by atoms with van der Waals surface area (Å²) >= 11 is 1.79. The molecule has 0 atom stereocenters. The van der Waals surface area contributed by atoms with E-state index in [1.165, 1.54) is 31.8 Å². The number of benzene rings is 7. The lowest BCUT2D eigenvalue weighted by molar-refractivity contribution is 0.673. The highest BCUT2D eigenvalue weighted by Gasteiger charge is 2.20. The average Bonchev–Trinajstić information content (AvgIpc) is 3.74. The first kappa shape index (κ1) is 27.0. The highest BCUT2D eigenvalue weighted by Crippen LogP contribution is 2.47. The minimum absolute atomic E-state index is 0.643. The molecule has 7 aromatic carbocycles. The van der Waals surface area contributed by atoms with E-state index in [0.717, 1.165) is 48.9 Å². The van der Waals surface area contributed by atoms with Gasteiger partial charge in [0.15, 0.2) is 17.5 Å². The van der Waals surface area contributed by atoms with Crippen LogP contribution < -0.4 is 0 Å². The van der Waals surface area contributed by atoms with Crippen molar-refractivity contribution in [3.8, 4) is 45.3 Å². The largest absolute Gasteiger partial charge is 0.455 e. The molecule has 0 spiro atoms. The van der Waals surface area contributed by atoms with E-state index in [4.69, 9.17) is 19.4 Å². The van der Waals surface area contributed by atoms with Gasteiger partial charge in [-0.1, -0.05) is 140 Å². The SMILES string of the molecule is c1ccc(-c2ccc(-c3nc(-c4ccccc4)nc(-c4ccc5c(c4)sc4c6ccccc6c6c7ccccc7oc6c54)n3)cc2)cc1. The van der Waals surface area contributed by atoms with Crippen molar-refractivity contribution >= 4 is 64.2 Å². The Labute approximate surface area is 279 Å². The monoisotopic (exact) mass is 631 g/mol. The lowest BCUT2D eigenvalue weighted by atomic mass is 9.99. The van der Waals surface area contributed by atoms with E-state index >= 15 is 0 Å². The molecule has 0 fully saturated rings. The Balaban J connectivity index is 1.17. The van der Waals surface area contributed by atoms with Gasteiger partial charge >= 0.3 is 0 Å². The zero-order chi connectivity index (χ0) is 31.6. The van der Waals surface area contributed by atoms with Crippen LogP contribution in [-0.4, -0.2) is 15.0 Å². The van der Waals surface area contributed by atoms with Crippen LogP contribution in [0.25, 0.3) is 98.2 Å². The zero-order valence-corrected chi connectivity index (χ0v) is 26.4. The topological polar surface area (TPSA) is 51.8 Å². The van der Waals surface area contributed by atoms with Gasteiger partial charge in [0.25, 0.3) is 0 Å². The van der Waals surface area contributed by atoms with Crippen molar-refractivity contribution in [1.29, 1.82) is 0 Å². The van der Waals surface area contributed by atoms with E-state index in [1.807, 2.05) is 42.5 Å². The van der Waals surface area contributed by atoms with E-state index in [2.05, 4.69) is 109 Å². The fourth-order valence-corrected chi connectivity index (χ4v) is 8.11. The minimum Gasteiger partial charge on any atom is -0.455 e. The molecule has 10 rings (SSSR count). The fraction of sp³-hybridized carbons (Fsp3) is 0. The van der Waals surface area contributed by atoms with E-state index < -0.39 is 0 Å². The Bertz CT molecular complexity index is 2820. The third-order valence-corrected chi connectivity index (χ3v) is 10.3. The molecule has 0 N–H and O–H groups in total. The number of nitrogens with zero attached hydrogens (tertiary/aromatic N) is 3. The second-order valence-electron chi connectivity index (χ2n) is 12.0. The molecular formula is C43H25N3OS. The Hall–Kier alpha value is -6.17. The quantitative estimate of drug-likeness (QED) is 0.194. The summed E-state index contributed by atoms with van der Waals surface area (Å²) in [4.78, 5) is 15.0. The summed E-state index contributed by atoms with van der Waals surface area (Å²) in [6.07, 6.45) is 0. The molecule has 0 radical (unpaired) electrons. The van der Waals surface area contributed by atoms with Crippen LogP contribution >= 0.6 is 11.3 Å². The Morgan fingerprint density at radius 1 is 0.396 bits per heavy atom. The molecule has 48 heavy (non-hydrogen) atoms. The first-order chi connectivity index (χ1) is 23.8. The molecule has 0 aliphatic rings. The van der Waals surface area contributed by atoms with E-state index in [0.29, 0.717) is 17.5 Å². The van der Waals surface area contributed by atoms with Crippen molar-refractivity contribution < 1.29 is 4.42 Å². The van der Waals surface area contributed by atoms with Crippen LogP contribution in [0.15, 0.2) is 156 Å². The highest BCUT2D eigenvalue weighted by atomic mass is 32.1. The van der Waals surface area contributed by atoms with Crippen LogP contribution in [0.4, 0.5) is 0 Å². The standard InChI is InChI=1S/C43H25N3OS/c1-3-11-26(12-4-1)27-19-21-29(22-20-27)42-44-41(28-13-5-2-6-14-28)45-43(46-42)30-23-24-34-36(25-30)48-40-32-16-8-7-15-31(32)37-33-17-9-10-18-35(33)47-39(37)38(34)40/h1-25H. The minimum atomic E-state index is 0.643. The van der Waals surface area contributed by atoms with Crippen molar-refractivity contribution in [2.24, 2.45) is 0 Å². The number of hydrogen-bond donors (Lipinski definition) is 0. The van der Waals surface area contributed by atoms with Crippen molar-refractivity contribution in [1.82, 2.24) is 15.0 Å². The number of furan rings is 1. The molecular weight excluding hydrogens is 607 g/mol. The van der Waals surface area contributed by atoms with Crippen LogP contribution in [0.1, 0.15) is 0 Å².